The number of halogens is 7. The van der Waals surface area contributed by atoms with Gasteiger partial charge in [0.05, 0.1) is 0 Å². The van der Waals surface area contributed by atoms with Gasteiger partial charge in [0.15, 0.2) is 0 Å². The van der Waals surface area contributed by atoms with Crippen molar-refractivity contribution in [2.45, 2.75) is 0 Å². The molecule has 0 aromatic rings. The van der Waals surface area contributed by atoms with Gasteiger partial charge in [-0.25, -0.2) is 0 Å². The summed E-state index contributed by atoms with van der Waals surface area (Å²) in [5, 5.41) is 0. The third-order valence-corrected chi connectivity index (χ3v) is 0. The molecule has 0 heterocycles. The summed E-state index contributed by atoms with van der Waals surface area (Å²) in [6, 6.07) is 0. The van der Waals surface area contributed by atoms with Crippen LogP contribution in [0.25, 0.3) is 0 Å². The van der Waals surface area contributed by atoms with E-state index in [4.69, 9.17) is 0 Å². The Morgan fingerprint density at radius 2 is 0.333 bits per heavy atom. The van der Waals surface area contributed by atoms with Crippen molar-refractivity contribution in [2.75, 3.05) is 0 Å². The molecule has 0 saturated carbocycles. The van der Waals surface area contributed by atoms with E-state index >= 15 is 0 Å². The zero-order valence-corrected chi connectivity index (χ0v) is 17.5. The van der Waals surface area contributed by atoms with E-state index in [1.165, 1.54) is 0 Å². The SMILES string of the molecule is [Br-].[Br-].[Br-].[Br-].[Br-].[Br-].[Br-].[Ir+6].[NH4+]. The Labute approximate surface area is 143 Å². The molecule has 0 bridgehead atoms. The molecule has 0 rings (SSSR count). The van der Waals surface area contributed by atoms with Gasteiger partial charge in [0.2, 0.25) is 0 Å². The molecule has 0 unspecified atom stereocenters. The molecule has 1 nitrogen and oxygen atoms in total. The van der Waals surface area contributed by atoms with E-state index < -0.39 is 0 Å². The summed E-state index contributed by atoms with van der Waals surface area (Å²) in [5.74, 6) is 0. The Kier molecular flexibility index (Phi) is 1200. The Bertz CT molecular complexity index is 8.88. The molecule has 4 N–H and O–H groups in total. The summed E-state index contributed by atoms with van der Waals surface area (Å²) in [4.78, 5) is 0. The summed E-state index contributed by atoms with van der Waals surface area (Å²) in [6.07, 6.45) is 0. The molecule has 0 saturated heterocycles. The molecule has 0 aliphatic carbocycles. The maximum atomic E-state index is 0. The van der Waals surface area contributed by atoms with Crippen molar-refractivity contribution in [3.8, 4) is 0 Å². The minimum absolute atomic E-state index is 0. The van der Waals surface area contributed by atoms with Crippen LogP contribution in [0.1, 0.15) is 0 Å². The fourth-order valence-electron chi connectivity index (χ4n) is 0. The average Bonchev–Trinajstić information content (AvgIpc) is 0. The molecule has 0 aliphatic heterocycles. The van der Waals surface area contributed by atoms with Crippen LogP contribution < -0.4 is 125 Å². The summed E-state index contributed by atoms with van der Waals surface area (Å²) < 4.78 is 0. The van der Waals surface area contributed by atoms with Crippen LogP contribution in [0, 0.1) is 0 Å². The minimum Gasteiger partial charge on any atom is -1.00 e. The monoisotopic (exact) mass is 763 g/mol. The largest absolute Gasteiger partial charge is 6.00 e. The third kappa shape index (κ3) is 75.5. The smallest absolute Gasteiger partial charge is 1.00 e. The van der Waals surface area contributed by atoms with Gasteiger partial charge >= 0.3 is 20.1 Å². The van der Waals surface area contributed by atoms with Crippen LogP contribution in [-0.4, -0.2) is 0 Å². The predicted octanol–water partition coefficient (Wildman–Crippen LogP) is -20.6. The molecule has 0 aromatic heterocycles. The van der Waals surface area contributed by atoms with Gasteiger partial charge in [-0.1, -0.05) is 0 Å². The maximum Gasteiger partial charge on any atom is 6.00 e. The van der Waals surface area contributed by atoms with Gasteiger partial charge in [0, 0.05) is 0 Å². The Balaban J connectivity index is 0. The quantitative estimate of drug-likeness (QED) is 0.255. The van der Waals surface area contributed by atoms with E-state index in [2.05, 4.69) is 0 Å². The van der Waals surface area contributed by atoms with Gasteiger partial charge in [-0.15, -0.1) is 0 Å². The number of rotatable bonds is 0. The summed E-state index contributed by atoms with van der Waals surface area (Å²) in [7, 11) is 0. The zero-order chi connectivity index (χ0) is 0. The van der Waals surface area contributed by atoms with Crippen LogP contribution in [0.2, 0.25) is 0 Å². The minimum atomic E-state index is 0. The van der Waals surface area contributed by atoms with Crippen molar-refractivity contribution in [3.05, 3.63) is 0 Å². The molecule has 9 heavy (non-hydrogen) atoms. The second-order valence-electron chi connectivity index (χ2n) is 0. The maximum absolute atomic E-state index is 0. The second kappa shape index (κ2) is 91.4. The number of hydrogen-bond donors (Lipinski definition) is 1. The van der Waals surface area contributed by atoms with E-state index in [0.717, 1.165) is 0 Å². The molecule has 0 fully saturated rings. The molecular formula is H4Br7IrN. The van der Waals surface area contributed by atoms with Crippen molar-refractivity contribution < 1.29 is 139 Å². The van der Waals surface area contributed by atoms with Gasteiger partial charge in [0.1, 0.15) is 0 Å². The molecule has 9 heteroatoms. The standard InChI is InChI=1S/7BrH.Ir.H3N/h7*1H;;1H3/q;;;;;;;+6;/p-6. The van der Waals surface area contributed by atoms with Gasteiger partial charge in [-0.05, 0) is 0 Å². The summed E-state index contributed by atoms with van der Waals surface area (Å²) in [6.45, 7) is 0. The van der Waals surface area contributed by atoms with Crippen molar-refractivity contribution in [3.63, 3.8) is 0 Å². The van der Waals surface area contributed by atoms with Crippen molar-refractivity contribution in [1.82, 2.24) is 6.15 Å². The van der Waals surface area contributed by atoms with E-state index in [-0.39, 0.29) is 145 Å². The second-order valence-corrected chi connectivity index (χ2v) is 0. The predicted molar refractivity (Wildman–Crippen MR) is 5.98 cm³/mol. The topological polar surface area (TPSA) is 36.5 Å². The number of quaternary nitrogens is 1. The first-order valence-corrected chi connectivity index (χ1v) is 0. The molecule has 0 spiro atoms. The molecule has 1 radical (unpaired) electrons. The van der Waals surface area contributed by atoms with Crippen molar-refractivity contribution >= 4 is 0 Å². The van der Waals surface area contributed by atoms with Crippen LogP contribution in [-0.2, 0) is 20.1 Å². The molecule has 0 amide bonds. The van der Waals surface area contributed by atoms with Crippen molar-refractivity contribution in [1.29, 1.82) is 0 Å². The van der Waals surface area contributed by atoms with Crippen LogP contribution in [0.15, 0.2) is 0 Å². The van der Waals surface area contributed by atoms with Crippen LogP contribution >= 0.6 is 0 Å². The molecule has 67 valence electrons. The average molecular weight is 770 g/mol. The third-order valence-electron chi connectivity index (χ3n) is 0. The van der Waals surface area contributed by atoms with E-state index in [1.807, 2.05) is 0 Å². The molecular weight excluding hydrogens is 766 g/mol. The van der Waals surface area contributed by atoms with E-state index in [0.29, 0.717) is 0 Å². The summed E-state index contributed by atoms with van der Waals surface area (Å²) in [5.41, 5.74) is 0. The first kappa shape index (κ1) is 118. The Morgan fingerprint density at radius 1 is 0.333 bits per heavy atom. The summed E-state index contributed by atoms with van der Waals surface area (Å²) >= 11 is 0. The van der Waals surface area contributed by atoms with E-state index in [1.54, 1.807) is 0 Å². The zero-order valence-electron chi connectivity index (χ0n) is 3.98. The van der Waals surface area contributed by atoms with Gasteiger partial charge < -0.3 is 125 Å². The van der Waals surface area contributed by atoms with Crippen LogP contribution in [0.3, 0.4) is 0 Å². The van der Waals surface area contributed by atoms with Gasteiger partial charge in [0.25, 0.3) is 0 Å². The van der Waals surface area contributed by atoms with Gasteiger partial charge in [-0.2, -0.15) is 0 Å². The molecule has 0 atom stereocenters. The first-order chi connectivity index (χ1) is 0. The molecule has 0 aromatic carbocycles. The van der Waals surface area contributed by atoms with Crippen molar-refractivity contribution in [2.24, 2.45) is 0 Å². The number of hydrogen-bond acceptors (Lipinski definition) is 0. The fraction of sp³-hybridized carbons (Fsp3) is 0. The first-order valence-electron chi connectivity index (χ1n) is 0. The Hall–Kier alpha value is 3.97. The molecule has 0 aliphatic rings. The van der Waals surface area contributed by atoms with Gasteiger partial charge in [-0.3, -0.25) is 0 Å². The fourth-order valence-corrected chi connectivity index (χ4v) is 0. The normalized spacial score (nSPS) is 0. The van der Waals surface area contributed by atoms with E-state index in [9.17, 15) is 0 Å². The Morgan fingerprint density at radius 3 is 0.333 bits per heavy atom. The van der Waals surface area contributed by atoms with Crippen LogP contribution in [0.4, 0.5) is 0 Å². The van der Waals surface area contributed by atoms with Crippen LogP contribution in [0.5, 0.6) is 0 Å².